The van der Waals surface area contributed by atoms with E-state index in [9.17, 15) is 14.4 Å². The molecule has 0 bridgehead atoms. The van der Waals surface area contributed by atoms with Crippen LogP contribution in [0.3, 0.4) is 0 Å². The number of carboxylic acid groups (broad SMARTS) is 1. The molecule has 0 aliphatic carbocycles. The lowest BCUT2D eigenvalue weighted by atomic mass is 9.91. The normalized spacial score (nSPS) is 9.22. The lowest BCUT2D eigenvalue weighted by molar-refractivity contribution is -0.858. The van der Waals surface area contributed by atoms with Crippen LogP contribution in [0, 0.1) is 10.8 Å². The molecule has 1 rings (SSSR count). The quantitative estimate of drug-likeness (QED) is 0.357. The predicted molar refractivity (Wildman–Crippen MR) is 156 cm³/mol. The fourth-order valence-corrected chi connectivity index (χ4v) is 1.74. The van der Waals surface area contributed by atoms with Gasteiger partial charge in [0, 0.05) is 0 Å². The van der Waals surface area contributed by atoms with E-state index in [-0.39, 0.29) is 79.9 Å². The first-order valence-corrected chi connectivity index (χ1v) is 10.3. The van der Waals surface area contributed by atoms with Gasteiger partial charge < -0.3 is 31.9 Å². The minimum Gasteiger partial charge on any atom is -1.00 e. The van der Waals surface area contributed by atoms with Gasteiger partial charge in [0.2, 0.25) is 0 Å². The number of carboxylic acids is 1. The molecule has 2 N–H and O–H groups in total. The molecule has 0 saturated heterocycles. The van der Waals surface area contributed by atoms with E-state index in [4.69, 9.17) is 14.6 Å². The van der Waals surface area contributed by atoms with Gasteiger partial charge in [-0.3, -0.25) is 9.59 Å². The minimum absolute atomic E-state index is 0. The zero-order valence-corrected chi connectivity index (χ0v) is 20.8. The van der Waals surface area contributed by atoms with Crippen molar-refractivity contribution >= 4 is 17.9 Å². The van der Waals surface area contributed by atoms with E-state index in [1.54, 1.807) is 13.8 Å². The maximum absolute atomic E-state index is 11.7. The Morgan fingerprint density at radius 2 is 1.16 bits per heavy atom. The van der Waals surface area contributed by atoms with Crippen LogP contribution >= 0.6 is 0 Å². The number of likely N-dealkylation sites (N-methyl/N-ethyl adjacent to an activating group) is 1. The second-order valence-corrected chi connectivity index (χ2v) is 8.79. The molecule has 0 atom stereocenters. The number of esters is 2. The lowest BCUT2D eigenvalue weighted by Crippen LogP contribution is -3.06. The van der Waals surface area contributed by atoms with E-state index in [0.717, 1.165) is 13.0 Å². The Balaban J connectivity index is -0.0000000652. The molecule has 0 radical (unpaired) electrons. The molecule has 0 aromatic heterocycles. The van der Waals surface area contributed by atoms with Crippen LogP contribution in [0.1, 0.15) is 109 Å². The topological polar surface area (TPSA) is 94.3 Å². The van der Waals surface area contributed by atoms with Gasteiger partial charge in [-0.2, -0.15) is 0 Å². The van der Waals surface area contributed by atoms with Gasteiger partial charge in [-0.15, -0.1) is 0 Å². The molecule has 37 heavy (non-hydrogen) atoms. The molecular weight excluding hydrogens is 494 g/mol. The fraction of sp³-hybridized carbons (Fsp3) is 0.690. The van der Waals surface area contributed by atoms with Crippen LogP contribution in [0.5, 0.6) is 5.75 Å². The number of benzene rings is 1. The highest BCUT2D eigenvalue weighted by atomic mass is 35.5. The molecule has 0 fully saturated rings. The van der Waals surface area contributed by atoms with E-state index >= 15 is 0 Å². The Morgan fingerprint density at radius 3 is 1.49 bits per heavy atom. The van der Waals surface area contributed by atoms with Crippen molar-refractivity contribution in [3.8, 4) is 5.75 Å². The zero-order chi connectivity index (χ0) is 23.5. The Labute approximate surface area is 236 Å². The fourth-order valence-electron chi connectivity index (χ4n) is 1.74. The Bertz CT molecular complexity index is 701. The van der Waals surface area contributed by atoms with E-state index in [0.29, 0.717) is 18.8 Å². The number of hydrogen-bond acceptors (Lipinski definition) is 5. The summed E-state index contributed by atoms with van der Waals surface area (Å²) in [7, 11) is 4.08. The zero-order valence-electron chi connectivity index (χ0n) is 20.0. The number of aromatic carboxylic acids is 1. The highest BCUT2D eigenvalue weighted by molar-refractivity contribution is 5.87. The largest absolute Gasteiger partial charge is 1.00 e. The van der Waals surface area contributed by atoms with Crippen molar-refractivity contribution in [1.29, 1.82) is 0 Å². The molecule has 8 heteroatoms. The number of nitrogens with one attached hydrogen (secondary N) is 1. The Hall–Kier alpha value is -2.12. The first kappa shape index (κ1) is 55.4. The third-order valence-corrected chi connectivity index (χ3v) is 5.02. The van der Waals surface area contributed by atoms with E-state index in [1.165, 1.54) is 29.2 Å². The standard InChI is InChI=1S/C13H16O4.C10H21NO2.6CH4.ClH/c1-4-13(2,3)12(16)17-10-7-5-9(6-8-10)11(14)15;1-6-10(2,3)9(12)13-8-7-11(4)5;;;;;;;/h5-8H,4H2,1-3H3,(H,14,15);6-8H2,1-5H3;6*1H4;1H. The molecule has 0 aliphatic rings. The van der Waals surface area contributed by atoms with Crippen molar-refractivity contribution in [3.05, 3.63) is 29.8 Å². The maximum Gasteiger partial charge on any atom is 0.335 e. The van der Waals surface area contributed by atoms with E-state index in [2.05, 4.69) is 0 Å². The summed E-state index contributed by atoms with van der Waals surface area (Å²) in [5, 5.41) is 8.72. The first-order valence-electron chi connectivity index (χ1n) is 10.3. The SMILES string of the molecule is C.C.C.C.C.C.CCC(C)(C)C(=O)OCC[NH+](C)C.CCC(C)(C)C(=O)Oc1ccc(C(=O)O)cc1.[Cl-]. The van der Waals surface area contributed by atoms with Gasteiger partial charge in [0.15, 0.2) is 0 Å². The summed E-state index contributed by atoms with van der Waals surface area (Å²) in [6.07, 6.45) is 1.50. The van der Waals surface area contributed by atoms with E-state index in [1.807, 2.05) is 41.8 Å². The molecule has 7 nitrogen and oxygen atoms in total. The molecular formula is C29H62ClNO6. The van der Waals surface area contributed by atoms with Gasteiger partial charge in [0.25, 0.3) is 0 Å². The molecule has 1 aromatic carbocycles. The number of carbonyl (C=O) groups excluding carboxylic acids is 2. The first-order chi connectivity index (χ1) is 13.8. The maximum atomic E-state index is 11.7. The summed E-state index contributed by atoms with van der Waals surface area (Å²) in [6.45, 7) is 12.7. The van der Waals surface area contributed by atoms with Crippen LogP contribution in [0.15, 0.2) is 24.3 Å². The molecule has 0 amide bonds. The van der Waals surface area contributed by atoms with Gasteiger partial charge in [0.05, 0.1) is 30.5 Å². The predicted octanol–water partition coefficient (Wildman–Crippen LogP) is 3.66. The van der Waals surface area contributed by atoms with Crippen LogP contribution in [-0.2, 0) is 14.3 Å². The molecule has 0 spiro atoms. The highest BCUT2D eigenvalue weighted by Crippen LogP contribution is 2.24. The molecule has 0 saturated carbocycles. The summed E-state index contributed by atoms with van der Waals surface area (Å²) >= 11 is 0. The summed E-state index contributed by atoms with van der Waals surface area (Å²) in [5.41, 5.74) is -0.702. The van der Waals surface area contributed by atoms with Gasteiger partial charge in [-0.1, -0.05) is 58.4 Å². The second-order valence-electron chi connectivity index (χ2n) is 8.79. The van der Waals surface area contributed by atoms with Crippen molar-refractivity contribution in [2.75, 3.05) is 27.2 Å². The van der Waals surface area contributed by atoms with Gasteiger partial charge in [-0.05, 0) is 64.8 Å². The Morgan fingerprint density at radius 1 is 0.784 bits per heavy atom. The van der Waals surface area contributed by atoms with Crippen molar-refractivity contribution in [2.24, 2.45) is 10.8 Å². The van der Waals surface area contributed by atoms with Crippen LogP contribution < -0.4 is 22.0 Å². The molecule has 226 valence electrons. The number of ether oxygens (including phenoxy) is 2. The second kappa shape index (κ2) is 25.5. The highest BCUT2D eigenvalue weighted by Gasteiger charge is 2.28. The average molecular weight is 556 g/mol. The van der Waals surface area contributed by atoms with Gasteiger partial charge >= 0.3 is 17.9 Å². The minimum atomic E-state index is -1.00. The third-order valence-electron chi connectivity index (χ3n) is 5.02. The summed E-state index contributed by atoms with van der Waals surface area (Å²) < 4.78 is 10.3. The van der Waals surface area contributed by atoms with Crippen molar-refractivity contribution in [1.82, 2.24) is 0 Å². The number of quaternary nitrogens is 1. The van der Waals surface area contributed by atoms with Crippen LogP contribution in [-0.4, -0.2) is 50.3 Å². The summed E-state index contributed by atoms with van der Waals surface area (Å²) in [5.74, 6) is -1.04. The monoisotopic (exact) mass is 555 g/mol. The summed E-state index contributed by atoms with van der Waals surface area (Å²) in [4.78, 5) is 35.1. The summed E-state index contributed by atoms with van der Waals surface area (Å²) in [6, 6.07) is 5.77. The molecule has 1 aromatic rings. The van der Waals surface area contributed by atoms with Crippen LogP contribution in [0.2, 0.25) is 0 Å². The molecule has 0 aliphatic heterocycles. The molecule has 0 unspecified atom stereocenters. The van der Waals surface area contributed by atoms with Crippen LogP contribution in [0.25, 0.3) is 0 Å². The number of rotatable bonds is 9. The van der Waals surface area contributed by atoms with Crippen molar-refractivity contribution in [3.63, 3.8) is 0 Å². The van der Waals surface area contributed by atoms with Crippen LogP contribution in [0.4, 0.5) is 0 Å². The number of hydrogen-bond donors (Lipinski definition) is 2. The van der Waals surface area contributed by atoms with Gasteiger partial charge in [0.1, 0.15) is 18.9 Å². The lowest BCUT2D eigenvalue weighted by Gasteiger charge is -2.20. The number of halogens is 1. The average Bonchev–Trinajstić information content (AvgIpc) is 2.68. The van der Waals surface area contributed by atoms with Crippen molar-refractivity contribution in [2.45, 2.75) is 98.9 Å². The van der Waals surface area contributed by atoms with Crippen molar-refractivity contribution < 1.29 is 46.3 Å². The Kier molecular flexibility index (Phi) is 38.2. The molecule has 0 heterocycles. The smallest absolute Gasteiger partial charge is 0.335 e. The third kappa shape index (κ3) is 21.7. The van der Waals surface area contributed by atoms with E-state index < -0.39 is 11.4 Å². The van der Waals surface area contributed by atoms with Gasteiger partial charge in [-0.25, -0.2) is 4.79 Å². The number of carbonyl (C=O) groups is 3.